The monoisotopic (exact) mass is 448 g/mol. The minimum absolute atomic E-state index is 0.0800. The summed E-state index contributed by atoms with van der Waals surface area (Å²) in [6.07, 6.45) is 0. The Morgan fingerprint density at radius 2 is 1.46 bits per heavy atom. The third-order valence-corrected chi connectivity index (χ3v) is 5.70. The molecule has 0 aliphatic heterocycles. The average Bonchev–Trinajstić information content (AvgIpc) is 3.18. The predicted molar refractivity (Wildman–Crippen MR) is 119 cm³/mol. The van der Waals surface area contributed by atoms with Crippen molar-refractivity contribution in [3.05, 3.63) is 95.0 Å². The molecule has 0 atom stereocenters. The van der Waals surface area contributed by atoms with Crippen molar-refractivity contribution in [2.45, 2.75) is 5.16 Å². The molecule has 0 fully saturated rings. The maximum atomic E-state index is 12.5. The fraction of sp³-hybridized carbons (Fsp3) is 0.0435. The number of ketones is 1. The van der Waals surface area contributed by atoms with E-state index in [0.29, 0.717) is 11.3 Å². The minimum atomic E-state index is 0.0800. The van der Waals surface area contributed by atoms with Crippen LogP contribution in [0.25, 0.3) is 22.5 Å². The van der Waals surface area contributed by atoms with Gasteiger partial charge in [0.15, 0.2) is 10.9 Å². The second-order valence-corrected chi connectivity index (χ2v) is 8.10. The summed E-state index contributed by atoms with van der Waals surface area (Å²) in [5, 5.41) is 0.739. The van der Waals surface area contributed by atoms with Crippen molar-refractivity contribution >= 4 is 33.5 Å². The Labute approximate surface area is 176 Å². The number of Topliss-reactive ketones (excluding diaryl/α,β-unsaturated/α-hetero) is 1. The highest BCUT2D eigenvalue weighted by Crippen LogP contribution is 2.32. The first-order valence-electron chi connectivity index (χ1n) is 8.83. The standard InChI is InChI=1S/C23H17BrN2OS/c24-19-13-11-16(12-14-19)20(27)15-28-23-25-21(17-7-3-1-4-8-17)22(26-23)18-9-5-2-6-10-18/h1-14H,15H2,(H,25,26). The van der Waals surface area contributed by atoms with Gasteiger partial charge in [0.2, 0.25) is 0 Å². The van der Waals surface area contributed by atoms with Gasteiger partial charge in [-0.05, 0) is 12.1 Å². The van der Waals surface area contributed by atoms with Crippen molar-refractivity contribution in [1.29, 1.82) is 0 Å². The predicted octanol–water partition coefficient (Wildman–Crippen LogP) is 6.48. The average molecular weight is 449 g/mol. The van der Waals surface area contributed by atoms with E-state index in [1.165, 1.54) is 11.8 Å². The molecule has 0 saturated heterocycles. The highest BCUT2D eigenvalue weighted by atomic mass is 79.9. The van der Waals surface area contributed by atoms with E-state index in [4.69, 9.17) is 4.98 Å². The SMILES string of the molecule is O=C(CSc1nc(-c2ccccc2)c(-c2ccccc2)[nH]1)c1ccc(Br)cc1. The van der Waals surface area contributed by atoms with Gasteiger partial charge in [-0.25, -0.2) is 4.98 Å². The molecule has 1 heterocycles. The smallest absolute Gasteiger partial charge is 0.173 e. The number of carbonyl (C=O) groups is 1. The molecule has 0 saturated carbocycles. The molecule has 1 N–H and O–H groups in total. The number of thioether (sulfide) groups is 1. The van der Waals surface area contributed by atoms with Crippen LogP contribution in [0.1, 0.15) is 10.4 Å². The molecule has 0 aliphatic carbocycles. The Morgan fingerprint density at radius 1 is 0.857 bits per heavy atom. The summed E-state index contributed by atoms with van der Waals surface area (Å²) >= 11 is 4.82. The zero-order valence-corrected chi connectivity index (χ0v) is 17.3. The lowest BCUT2D eigenvalue weighted by Crippen LogP contribution is -2.02. The molecule has 0 aliphatic rings. The van der Waals surface area contributed by atoms with E-state index in [1.807, 2.05) is 72.8 Å². The van der Waals surface area contributed by atoms with Gasteiger partial charge in [0, 0.05) is 21.2 Å². The lowest BCUT2D eigenvalue weighted by molar-refractivity contribution is 0.102. The highest BCUT2D eigenvalue weighted by Gasteiger charge is 2.15. The Bertz CT molecular complexity index is 1020. The largest absolute Gasteiger partial charge is 0.332 e. The van der Waals surface area contributed by atoms with Crippen molar-refractivity contribution in [1.82, 2.24) is 9.97 Å². The number of hydrogen-bond acceptors (Lipinski definition) is 3. The van der Waals surface area contributed by atoms with E-state index < -0.39 is 0 Å². The summed E-state index contributed by atoms with van der Waals surface area (Å²) in [5.74, 6) is 0.411. The lowest BCUT2D eigenvalue weighted by atomic mass is 10.1. The zero-order chi connectivity index (χ0) is 19.3. The number of imidazole rings is 1. The summed E-state index contributed by atoms with van der Waals surface area (Å²) in [6.45, 7) is 0. The van der Waals surface area contributed by atoms with Crippen LogP contribution < -0.4 is 0 Å². The van der Waals surface area contributed by atoms with Crippen molar-refractivity contribution in [2.24, 2.45) is 0 Å². The van der Waals surface area contributed by atoms with Gasteiger partial charge < -0.3 is 4.98 Å². The van der Waals surface area contributed by atoms with Gasteiger partial charge in [0.1, 0.15) is 0 Å². The van der Waals surface area contributed by atoms with Crippen LogP contribution in [0.2, 0.25) is 0 Å². The molecule has 3 nitrogen and oxygen atoms in total. The maximum Gasteiger partial charge on any atom is 0.173 e. The quantitative estimate of drug-likeness (QED) is 0.271. The number of aromatic amines is 1. The van der Waals surface area contributed by atoms with E-state index >= 15 is 0 Å². The van der Waals surface area contributed by atoms with Gasteiger partial charge >= 0.3 is 0 Å². The second-order valence-electron chi connectivity index (χ2n) is 6.22. The van der Waals surface area contributed by atoms with Gasteiger partial charge in [0.05, 0.1) is 17.1 Å². The highest BCUT2D eigenvalue weighted by molar-refractivity contribution is 9.10. The van der Waals surface area contributed by atoms with Gasteiger partial charge in [-0.3, -0.25) is 4.79 Å². The van der Waals surface area contributed by atoms with Crippen LogP contribution in [0.15, 0.2) is 94.6 Å². The van der Waals surface area contributed by atoms with Crippen molar-refractivity contribution in [3.63, 3.8) is 0 Å². The molecular formula is C23H17BrN2OS. The van der Waals surface area contributed by atoms with E-state index in [9.17, 15) is 4.79 Å². The molecule has 138 valence electrons. The normalized spacial score (nSPS) is 10.8. The number of H-pyrrole nitrogens is 1. The number of nitrogens with one attached hydrogen (secondary N) is 1. The first kappa shape index (κ1) is 18.7. The number of carbonyl (C=O) groups excluding carboxylic acids is 1. The first-order valence-corrected chi connectivity index (χ1v) is 10.6. The molecule has 0 unspecified atom stereocenters. The molecule has 0 spiro atoms. The Morgan fingerprint density at radius 3 is 2.11 bits per heavy atom. The Hall–Kier alpha value is -2.63. The van der Waals surface area contributed by atoms with Crippen molar-refractivity contribution in [3.8, 4) is 22.5 Å². The van der Waals surface area contributed by atoms with Crippen LogP contribution in [0.3, 0.4) is 0 Å². The minimum Gasteiger partial charge on any atom is -0.332 e. The molecule has 4 aromatic rings. The van der Waals surface area contributed by atoms with Crippen LogP contribution in [0.5, 0.6) is 0 Å². The molecule has 1 aromatic heterocycles. The van der Waals surface area contributed by atoms with Crippen LogP contribution >= 0.6 is 27.7 Å². The second kappa shape index (κ2) is 8.59. The molecule has 4 rings (SSSR count). The molecular weight excluding hydrogens is 432 g/mol. The summed E-state index contributed by atoms with van der Waals surface area (Å²) in [4.78, 5) is 20.7. The van der Waals surface area contributed by atoms with Crippen LogP contribution in [0.4, 0.5) is 0 Å². The fourth-order valence-electron chi connectivity index (χ4n) is 2.89. The molecule has 0 bridgehead atoms. The molecule has 0 amide bonds. The van der Waals surface area contributed by atoms with Gasteiger partial charge in [-0.1, -0.05) is 100 Å². The van der Waals surface area contributed by atoms with Gasteiger partial charge in [-0.15, -0.1) is 0 Å². The summed E-state index contributed by atoms with van der Waals surface area (Å²) in [5.41, 5.74) is 4.67. The summed E-state index contributed by atoms with van der Waals surface area (Å²) in [6, 6.07) is 27.6. The van der Waals surface area contributed by atoms with E-state index in [0.717, 1.165) is 32.1 Å². The van der Waals surface area contributed by atoms with Gasteiger partial charge in [0.25, 0.3) is 0 Å². The van der Waals surface area contributed by atoms with E-state index in [1.54, 1.807) is 0 Å². The molecule has 5 heteroatoms. The molecule has 0 radical (unpaired) electrons. The van der Waals surface area contributed by atoms with Crippen molar-refractivity contribution < 1.29 is 4.79 Å². The fourth-order valence-corrected chi connectivity index (χ4v) is 3.92. The van der Waals surface area contributed by atoms with E-state index in [2.05, 4.69) is 33.0 Å². The van der Waals surface area contributed by atoms with Crippen LogP contribution in [-0.4, -0.2) is 21.5 Å². The van der Waals surface area contributed by atoms with E-state index in [-0.39, 0.29) is 5.78 Å². The van der Waals surface area contributed by atoms with Crippen molar-refractivity contribution in [2.75, 3.05) is 5.75 Å². The molecule has 3 aromatic carbocycles. The number of benzene rings is 3. The topological polar surface area (TPSA) is 45.8 Å². The summed E-state index contributed by atoms with van der Waals surface area (Å²) < 4.78 is 0.961. The number of aromatic nitrogens is 2. The number of nitrogens with zero attached hydrogens (tertiary/aromatic N) is 1. The zero-order valence-electron chi connectivity index (χ0n) is 14.9. The number of rotatable bonds is 6. The van der Waals surface area contributed by atoms with Crippen LogP contribution in [-0.2, 0) is 0 Å². The first-order chi connectivity index (χ1) is 13.7. The number of hydrogen-bond donors (Lipinski definition) is 1. The Kier molecular flexibility index (Phi) is 5.74. The third-order valence-electron chi connectivity index (χ3n) is 4.30. The van der Waals surface area contributed by atoms with Crippen LogP contribution in [0, 0.1) is 0 Å². The van der Waals surface area contributed by atoms with Gasteiger partial charge in [-0.2, -0.15) is 0 Å². The number of halogens is 1. The lowest BCUT2D eigenvalue weighted by Gasteiger charge is -2.02. The third kappa shape index (κ3) is 4.26. The molecule has 28 heavy (non-hydrogen) atoms. The Balaban J connectivity index is 1.60. The maximum absolute atomic E-state index is 12.5. The summed E-state index contributed by atoms with van der Waals surface area (Å²) in [7, 11) is 0.